The second-order valence-corrected chi connectivity index (χ2v) is 9.10. The molecule has 0 radical (unpaired) electrons. The quantitative estimate of drug-likeness (QED) is 0.864. The lowest BCUT2D eigenvalue weighted by Gasteiger charge is -2.35. The summed E-state index contributed by atoms with van der Waals surface area (Å²) in [6.07, 6.45) is 2.68. The SMILES string of the molecule is N#Cc1ccc(NC2CCN(S(=O)(=O)C3CCOCC3)CC2)cc1Cl. The highest BCUT2D eigenvalue weighted by molar-refractivity contribution is 7.89. The van der Waals surface area contributed by atoms with Gasteiger partial charge in [-0.2, -0.15) is 5.26 Å². The molecule has 0 aliphatic carbocycles. The first-order chi connectivity index (χ1) is 12.0. The molecule has 0 aromatic heterocycles. The number of hydrogen-bond acceptors (Lipinski definition) is 5. The van der Waals surface area contributed by atoms with Crippen LogP contribution in [0.1, 0.15) is 31.2 Å². The molecule has 0 bridgehead atoms. The molecule has 0 amide bonds. The Kier molecular flexibility index (Phi) is 5.85. The highest BCUT2D eigenvalue weighted by atomic mass is 35.5. The van der Waals surface area contributed by atoms with E-state index in [1.54, 1.807) is 16.4 Å². The minimum atomic E-state index is -3.23. The number of hydrogen-bond donors (Lipinski definition) is 1. The van der Waals surface area contributed by atoms with Crippen molar-refractivity contribution < 1.29 is 13.2 Å². The van der Waals surface area contributed by atoms with Crippen molar-refractivity contribution >= 4 is 27.3 Å². The van der Waals surface area contributed by atoms with Gasteiger partial charge in [-0.05, 0) is 43.9 Å². The highest BCUT2D eigenvalue weighted by Crippen LogP contribution is 2.26. The lowest BCUT2D eigenvalue weighted by Crippen LogP contribution is -2.47. The number of halogens is 1. The van der Waals surface area contributed by atoms with E-state index in [0.717, 1.165) is 18.5 Å². The summed E-state index contributed by atoms with van der Waals surface area (Å²) in [5.41, 5.74) is 1.30. The molecule has 2 saturated heterocycles. The van der Waals surface area contributed by atoms with Crippen LogP contribution in [0.25, 0.3) is 0 Å². The highest BCUT2D eigenvalue weighted by Gasteiger charge is 2.35. The molecule has 2 fully saturated rings. The Morgan fingerprint density at radius 2 is 1.88 bits per heavy atom. The molecule has 1 aromatic rings. The van der Waals surface area contributed by atoms with E-state index < -0.39 is 10.0 Å². The van der Waals surface area contributed by atoms with Crippen LogP contribution in [-0.4, -0.2) is 50.3 Å². The molecule has 0 unspecified atom stereocenters. The standard InChI is InChI=1S/C17H22ClN3O3S/c18-17-11-15(2-1-13(17)12-19)20-14-3-7-21(8-4-14)25(22,23)16-5-9-24-10-6-16/h1-2,11,14,16,20H,3-10H2. The summed E-state index contributed by atoms with van der Waals surface area (Å²) in [6.45, 7) is 2.12. The summed E-state index contributed by atoms with van der Waals surface area (Å²) >= 11 is 6.06. The molecular weight excluding hydrogens is 362 g/mol. The van der Waals surface area contributed by atoms with E-state index in [2.05, 4.69) is 5.32 Å². The zero-order valence-electron chi connectivity index (χ0n) is 13.9. The van der Waals surface area contributed by atoms with Crippen molar-refractivity contribution in [3.05, 3.63) is 28.8 Å². The summed E-state index contributed by atoms with van der Waals surface area (Å²) in [6, 6.07) is 7.50. The molecule has 6 nitrogen and oxygen atoms in total. The van der Waals surface area contributed by atoms with Gasteiger partial charge in [0.2, 0.25) is 10.0 Å². The van der Waals surface area contributed by atoms with Crippen LogP contribution in [0, 0.1) is 11.3 Å². The first-order valence-electron chi connectivity index (χ1n) is 8.53. The molecule has 1 N–H and O–H groups in total. The molecule has 25 heavy (non-hydrogen) atoms. The summed E-state index contributed by atoms with van der Waals surface area (Å²) in [5.74, 6) is 0. The van der Waals surface area contributed by atoms with E-state index in [-0.39, 0.29) is 11.3 Å². The van der Waals surface area contributed by atoms with Crippen LogP contribution in [0.3, 0.4) is 0 Å². The molecular formula is C17H22ClN3O3S. The van der Waals surface area contributed by atoms with Crippen molar-refractivity contribution in [3.8, 4) is 6.07 Å². The molecule has 8 heteroatoms. The van der Waals surface area contributed by atoms with Gasteiger partial charge in [-0.3, -0.25) is 0 Å². The molecule has 2 aliphatic rings. The van der Waals surface area contributed by atoms with Gasteiger partial charge >= 0.3 is 0 Å². The predicted molar refractivity (Wildman–Crippen MR) is 97.1 cm³/mol. The number of nitrogens with one attached hydrogen (secondary N) is 1. The van der Waals surface area contributed by atoms with Crippen molar-refractivity contribution in [2.45, 2.75) is 37.0 Å². The van der Waals surface area contributed by atoms with Gasteiger partial charge in [0.1, 0.15) is 6.07 Å². The average Bonchev–Trinajstić information content (AvgIpc) is 2.63. The van der Waals surface area contributed by atoms with Crippen molar-refractivity contribution in [2.24, 2.45) is 0 Å². The Bertz CT molecular complexity index is 749. The third kappa shape index (κ3) is 4.26. The molecule has 1 aromatic carbocycles. The van der Waals surface area contributed by atoms with Crippen LogP contribution in [0.4, 0.5) is 5.69 Å². The number of rotatable bonds is 4. The van der Waals surface area contributed by atoms with Gasteiger partial charge in [0, 0.05) is 38.0 Å². The van der Waals surface area contributed by atoms with Gasteiger partial charge in [-0.25, -0.2) is 12.7 Å². The maximum Gasteiger partial charge on any atom is 0.217 e. The number of benzene rings is 1. The van der Waals surface area contributed by atoms with Gasteiger partial charge in [0.25, 0.3) is 0 Å². The third-order valence-corrected chi connectivity index (χ3v) is 7.58. The van der Waals surface area contributed by atoms with E-state index in [1.807, 2.05) is 12.1 Å². The smallest absolute Gasteiger partial charge is 0.217 e. The van der Waals surface area contributed by atoms with Crippen LogP contribution in [-0.2, 0) is 14.8 Å². The minimum absolute atomic E-state index is 0.199. The Morgan fingerprint density at radius 3 is 2.48 bits per heavy atom. The number of ether oxygens (including phenoxy) is 1. The third-order valence-electron chi connectivity index (χ3n) is 4.86. The first kappa shape index (κ1) is 18.5. The first-order valence-corrected chi connectivity index (χ1v) is 10.4. The Labute approximate surface area is 153 Å². The second kappa shape index (κ2) is 7.92. The van der Waals surface area contributed by atoms with E-state index in [4.69, 9.17) is 21.6 Å². The molecule has 2 aliphatic heterocycles. The van der Waals surface area contributed by atoms with Gasteiger partial charge in [-0.15, -0.1) is 0 Å². The van der Waals surface area contributed by atoms with E-state index >= 15 is 0 Å². The van der Waals surface area contributed by atoms with Crippen molar-refractivity contribution in [3.63, 3.8) is 0 Å². The topological polar surface area (TPSA) is 82.4 Å². The fourth-order valence-electron chi connectivity index (χ4n) is 3.37. The Balaban J connectivity index is 1.56. The van der Waals surface area contributed by atoms with E-state index in [9.17, 15) is 8.42 Å². The van der Waals surface area contributed by atoms with Crippen LogP contribution in [0.2, 0.25) is 5.02 Å². The van der Waals surface area contributed by atoms with Gasteiger partial charge in [0.15, 0.2) is 0 Å². The van der Waals surface area contributed by atoms with Crippen LogP contribution >= 0.6 is 11.6 Å². The maximum absolute atomic E-state index is 12.7. The normalized spacial score (nSPS) is 21.0. The van der Waals surface area contributed by atoms with Gasteiger partial charge in [0.05, 0.1) is 15.8 Å². The Morgan fingerprint density at radius 1 is 1.20 bits per heavy atom. The molecule has 3 rings (SSSR count). The number of sulfonamides is 1. The number of nitrogens with zero attached hydrogens (tertiary/aromatic N) is 2. The summed E-state index contributed by atoms with van der Waals surface area (Å²) in [4.78, 5) is 0. The summed E-state index contributed by atoms with van der Waals surface area (Å²) in [5, 5.41) is 12.4. The van der Waals surface area contributed by atoms with Crippen LogP contribution < -0.4 is 5.32 Å². The van der Waals surface area contributed by atoms with Gasteiger partial charge < -0.3 is 10.1 Å². The molecule has 2 heterocycles. The van der Waals surface area contributed by atoms with E-state index in [1.165, 1.54) is 0 Å². The number of piperidine rings is 1. The molecule has 136 valence electrons. The van der Waals surface area contributed by atoms with Gasteiger partial charge in [-0.1, -0.05) is 11.6 Å². The van der Waals surface area contributed by atoms with Crippen molar-refractivity contribution in [1.29, 1.82) is 5.26 Å². The molecule has 0 spiro atoms. The fourth-order valence-corrected chi connectivity index (χ4v) is 5.52. The van der Waals surface area contributed by atoms with Crippen molar-refractivity contribution in [1.82, 2.24) is 4.31 Å². The average molecular weight is 384 g/mol. The molecule has 0 saturated carbocycles. The lowest BCUT2D eigenvalue weighted by molar-refractivity contribution is 0.0969. The zero-order chi connectivity index (χ0) is 17.9. The predicted octanol–water partition coefficient (Wildman–Crippen LogP) is 2.60. The van der Waals surface area contributed by atoms with Crippen LogP contribution in [0.15, 0.2) is 18.2 Å². The summed E-state index contributed by atoms with van der Waals surface area (Å²) in [7, 11) is -3.23. The lowest BCUT2D eigenvalue weighted by atomic mass is 10.1. The second-order valence-electron chi connectivity index (χ2n) is 6.48. The summed E-state index contributed by atoms with van der Waals surface area (Å²) < 4.78 is 32.3. The van der Waals surface area contributed by atoms with Crippen LogP contribution in [0.5, 0.6) is 0 Å². The Hall–Kier alpha value is -1.33. The minimum Gasteiger partial charge on any atom is -0.382 e. The van der Waals surface area contributed by atoms with Crippen molar-refractivity contribution in [2.75, 3.05) is 31.6 Å². The maximum atomic E-state index is 12.7. The molecule has 0 atom stereocenters. The zero-order valence-corrected chi connectivity index (χ0v) is 15.5. The van der Waals surface area contributed by atoms with E-state index in [0.29, 0.717) is 49.7 Å². The largest absolute Gasteiger partial charge is 0.382 e. The number of anilines is 1. The fraction of sp³-hybridized carbons (Fsp3) is 0.588. The number of nitriles is 1. The monoisotopic (exact) mass is 383 g/mol.